The molecule has 2 aromatic rings. The van der Waals surface area contributed by atoms with Crippen LogP contribution in [0.2, 0.25) is 0 Å². The molecule has 0 aliphatic carbocycles. The number of nitrogens with two attached hydrogens (primary N) is 1. The minimum atomic E-state index is 0.204. The second kappa shape index (κ2) is 8.16. The summed E-state index contributed by atoms with van der Waals surface area (Å²) in [4.78, 5) is 12.8. The number of thioether (sulfide) groups is 1. The average molecular weight is 347 g/mol. The normalized spacial score (nSPS) is 17.0. The molecule has 1 aliphatic rings. The van der Waals surface area contributed by atoms with E-state index in [4.69, 9.17) is 15.2 Å². The van der Waals surface area contributed by atoms with E-state index in [9.17, 15) is 0 Å². The third-order valence-corrected chi connectivity index (χ3v) is 4.68. The zero-order chi connectivity index (χ0) is 16.8. The maximum Gasteiger partial charge on any atom is 0.232 e. The van der Waals surface area contributed by atoms with Gasteiger partial charge in [0, 0.05) is 12.4 Å². The minimum absolute atomic E-state index is 0.204. The van der Waals surface area contributed by atoms with Crippen molar-refractivity contribution >= 4 is 29.3 Å². The number of benzene rings is 1. The van der Waals surface area contributed by atoms with Crippen molar-refractivity contribution in [1.82, 2.24) is 15.0 Å². The number of anilines is 3. The molecular weight excluding hydrogens is 326 g/mol. The number of hydrogen-bond acceptors (Lipinski definition) is 8. The summed E-state index contributed by atoms with van der Waals surface area (Å²) < 4.78 is 10.9. The molecule has 0 bridgehead atoms. The highest BCUT2D eigenvalue weighted by Crippen LogP contribution is 2.26. The van der Waals surface area contributed by atoms with Crippen molar-refractivity contribution in [1.29, 1.82) is 0 Å². The number of ether oxygens (including phenoxy) is 2. The van der Waals surface area contributed by atoms with E-state index in [0.717, 1.165) is 30.9 Å². The van der Waals surface area contributed by atoms with Gasteiger partial charge in [-0.15, -0.1) is 0 Å². The molecule has 0 spiro atoms. The number of aromatic nitrogens is 3. The van der Waals surface area contributed by atoms with E-state index in [-0.39, 0.29) is 5.95 Å². The lowest BCUT2D eigenvalue weighted by molar-refractivity contribution is 0.129. The molecule has 0 unspecified atom stereocenters. The Bertz CT molecular complexity index is 679. The predicted octanol–water partition coefficient (Wildman–Crippen LogP) is 2.62. The number of hydrogen-bond donors (Lipinski definition) is 2. The Balaban J connectivity index is 1.64. The lowest BCUT2D eigenvalue weighted by Gasteiger charge is -2.11. The molecule has 1 atom stereocenters. The van der Waals surface area contributed by atoms with Gasteiger partial charge in [0.1, 0.15) is 11.6 Å². The summed E-state index contributed by atoms with van der Waals surface area (Å²) in [6.45, 7) is 0.872. The van der Waals surface area contributed by atoms with Crippen molar-refractivity contribution < 1.29 is 9.47 Å². The molecule has 8 heteroatoms. The first-order chi connectivity index (χ1) is 11.7. The third kappa shape index (κ3) is 4.48. The number of nitrogens with zero attached hydrogens (tertiary/aromatic N) is 3. The van der Waals surface area contributed by atoms with Crippen molar-refractivity contribution in [2.24, 2.45) is 0 Å². The standard InChI is InChI=1S/C16H21N5O2S/c1-22-13-7-3-2-6-12(13)18-16-20-14(19-15(17)21-16)10-24-9-11-5-4-8-23-11/h2-3,6-7,11H,4-5,8-10H2,1H3,(H3,17,18,19,20,21)/t11-/m0/s1. The molecule has 0 saturated carbocycles. The van der Waals surface area contributed by atoms with Gasteiger partial charge in [-0.1, -0.05) is 12.1 Å². The van der Waals surface area contributed by atoms with Crippen LogP contribution in [0.5, 0.6) is 5.75 Å². The van der Waals surface area contributed by atoms with Crippen LogP contribution in [0, 0.1) is 0 Å². The van der Waals surface area contributed by atoms with Gasteiger partial charge in [-0.05, 0) is 25.0 Å². The number of nitrogen functional groups attached to an aromatic ring is 1. The maximum atomic E-state index is 5.81. The topological polar surface area (TPSA) is 95.2 Å². The van der Waals surface area contributed by atoms with Gasteiger partial charge in [0.2, 0.25) is 11.9 Å². The molecule has 1 saturated heterocycles. The number of rotatable bonds is 7. The first-order valence-corrected chi connectivity index (χ1v) is 9.00. The number of para-hydroxylation sites is 2. The minimum Gasteiger partial charge on any atom is -0.495 e. The van der Waals surface area contributed by atoms with Gasteiger partial charge in [-0.2, -0.15) is 26.7 Å². The smallest absolute Gasteiger partial charge is 0.232 e. The van der Waals surface area contributed by atoms with Gasteiger partial charge in [0.25, 0.3) is 0 Å². The van der Waals surface area contributed by atoms with E-state index in [1.165, 1.54) is 0 Å². The van der Waals surface area contributed by atoms with Crippen LogP contribution in [-0.2, 0) is 10.5 Å². The second-order valence-corrected chi connectivity index (χ2v) is 6.44. The molecule has 0 radical (unpaired) electrons. The summed E-state index contributed by atoms with van der Waals surface area (Å²) in [7, 11) is 1.62. The highest BCUT2D eigenvalue weighted by Gasteiger charge is 2.15. The molecule has 128 valence electrons. The van der Waals surface area contributed by atoms with Crippen LogP contribution in [-0.4, -0.2) is 40.5 Å². The Morgan fingerprint density at radius 2 is 2.21 bits per heavy atom. The Kier molecular flexibility index (Phi) is 5.71. The quantitative estimate of drug-likeness (QED) is 0.789. The van der Waals surface area contributed by atoms with Crippen LogP contribution in [0.3, 0.4) is 0 Å². The molecular formula is C16H21N5O2S. The summed E-state index contributed by atoms with van der Waals surface area (Å²) in [5.41, 5.74) is 6.59. The van der Waals surface area contributed by atoms with Crippen LogP contribution >= 0.6 is 11.8 Å². The summed E-state index contributed by atoms with van der Waals surface area (Å²) >= 11 is 1.75. The maximum absolute atomic E-state index is 5.81. The van der Waals surface area contributed by atoms with E-state index in [0.29, 0.717) is 29.4 Å². The SMILES string of the molecule is COc1ccccc1Nc1nc(N)nc(CSC[C@@H]2CCCO2)n1. The summed E-state index contributed by atoms with van der Waals surface area (Å²) in [5.74, 6) is 3.61. The van der Waals surface area contributed by atoms with Gasteiger partial charge in [0.15, 0.2) is 0 Å². The highest BCUT2D eigenvalue weighted by molar-refractivity contribution is 7.98. The highest BCUT2D eigenvalue weighted by atomic mass is 32.2. The van der Waals surface area contributed by atoms with Gasteiger partial charge in [-0.25, -0.2) is 0 Å². The Morgan fingerprint density at radius 1 is 1.33 bits per heavy atom. The van der Waals surface area contributed by atoms with Gasteiger partial charge < -0.3 is 20.5 Å². The Hall–Kier alpha value is -2.06. The molecule has 0 amide bonds. The molecule has 1 fully saturated rings. The molecule has 7 nitrogen and oxygen atoms in total. The first-order valence-electron chi connectivity index (χ1n) is 7.84. The van der Waals surface area contributed by atoms with E-state index < -0.39 is 0 Å². The van der Waals surface area contributed by atoms with E-state index in [1.54, 1.807) is 18.9 Å². The van der Waals surface area contributed by atoms with Gasteiger partial charge >= 0.3 is 0 Å². The fourth-order valence-corrected chi connectivity index (χ4v) is 3.44. The molecule has 1 aliphatic heterocycles. The van der Waals surface area contributed by atoms with E-state index in [2.05, 4.69) is 20.3 Å². The molecule has 3 rings (SSSR count). The van der Waals surface area contributed by atoms with Crippen molar-refractivity contribution in [3.05, 3.63) is 30.1 Å². The molecule has 24 heavy (non-hydrogen) atoms. The lowest BCUT2D eigenvalue weighted by atomic mass is 10.3. The average Bonchev–Trinajstić information content (AvgIpc) is 3.08. The number of nitrogens with one attached hydrogen (secondary N) is 1. The van der Waals surface area contributed by atoms with Crippen LogP contribution in [0.1, 0.15) is 18.7 Å². The van der Waals surface area contributed by atoms with Crippen LogP contribution in [0.4, 0.5) is 17.6 Å². The van der Waals surface area contributed by atoms with Gasteiger partial charge in [-0.3, -0.25) is 0 Å². The van der Waals surface area contributed by atoms with Crippen molar-refractivity contribution in [2.75, 3.05) is 30.5 Å². The van der Waals surface area contributed by atoms with Crippen LogP contribution in [0.25, 0.3) is 0 Å². The zero-order valence-electron chi connectivity index (χ0n) is 13.6. The lowest BCUT2D eigenvalue weighted by Crippen LogP contribution is -2.10. The monoisotopic (exact) mass is 347 g/mol. The Labute approximate surface area is 145 Å². The predicted molar refractivity (Wildman–Crippen MR) is 95.7 cm³/mol. The summed E-state index contributed by atoms with van der Waals surface area (Å²) in [6.07, 6.45) is 2.63. The van der Waals surface area contributed by atoms with Gasteiger partial charge in [0.05, 0.1) is 24.7 Å². The van der Waals surface area contributed by atoms with Crippen LogP contribution < -0.4 is 15.8 Å². The molecule has 1 aromatic heterocycles. The number of methoxy groups -OCH3 is 1. The largest absolute Gasteiger partial charge is 0.495 e. The molecule has 1 aromatic carbocycles. The van der Waals surface area contributed by atoms with Crippen molar-refractivity contribution in [2.45, 2.75) is 24.7 Å². The molecule has 2 heterocycles. The second-order valence-electron chi connectivity index (χ2n) is 5.41. The van der Waals surface area contributed by atoms with E-state index in [1.807, 2.05) is 24.3 Å². The fourth-order valence-electron chi connectivity index (χ4n) is 2.48. The van der Waals surface area contributed by atoms with Crippen LogP contribution in [0.15, 0.2) is 24.3 Å². The molecule has 3 N–H and O–H groups in total. The Morgan fingerprint density at radius 3 is 3.00 bits per heavy atom. The third-order valence-electron chi connectivity index (χ3n) is 3.61. The zero-order valence-corrected chi connectivity index (χ0v) is 14.4. The van der Waals surface area contributed by atoms with E-state index >= 15 is 0 Å². The fraction of sp³-hybridized carbons (Fsp3) is 0.438. The first kappa shape index (κ1) is 16.8. The summed E-state index contributed by atoms with van der Waals surface area (Å²) in [5, 5.41) is 3.14. The van der Waals surface area contributed by atoms with Crippen molar-refractivity contribution in [3.63, 3.8) is 0 Å². The van der Waals surface area contributed by atoms with Crippen molar-refractivity contribution in [3.8, 4) is 5.75 Å². The summed E-state index contributed by atoms with van der Waals surface area (Å²) in [6, 6.07) is 7.57.